The molecule has 3 aromatic rings. The lowest BCUT2D eigenvalue weighted by Crippen LogP contribution is -2.21. The van der Waals surface area contributed by atoms with Crippen LogP contribution in [0.15, 0.2) is 52.9 Å². The van der Waals surface area contributed by atoms with Crippen molar-refractivity contribution in [2.45, 2.75) is 13.8 Å². The van der Waals surface area contributed by atoms with Gasteiger partial charge in [-0.3, -0.25) is 4.79 Å². The van der Waals surface area contributed by atoms with E-state index in [9.17, 15) is 9.59 Å². The Morgan fingerprint density at radius 3 is 2.54 bits per heavy atom. The molecule has 2 aromatic carbocycles. The second-order valence-electron chi connectivity index (χ2n) is 5.67. The lowest BCUT2D eigenvalue weighted by Gasteiger charge is -2.08. The van der Waals surface area contributed by atoms with Crippen LogP contribution in [0, 0.1) is 6.92 Å². The monoisotopic (exact) mass is 353 g/mol. The van der Waals surface area contributed by atoms with E-state index >= 15 is 0 Å². The van der Waals surface area contributed by atoms with Crippen LogP contribution >= 0.6 is 0 Å². The molecule has 0 saturated carbocycles. The second-order valence-corrected chi connectivity index (χ2v) is 5.67. The number of benzene rings is 2. The summed E-state index contributed by atoms with van der Waals surface area (Å²) in [7, 11) is 0. The largest absolute Gasteiger partial charge is 0.484 e. The Morgan fingerprint density at radius 2 is 1.81 bits per heavy atom. The summed E-state index contributed by atoms with van der Waals surface area (Å²) in [5, 5.41) is 3.32. The first-order chi connectivity index (χ1) is 12.6. The van der Waals surface area contributed by atoms with Crippen molar-refractivity contribution in [1.82, 2.24) is 0 Å². The van der Waals surface area contributed by atoms with Crippen molar-refractivity contribution in [3.8, 4) is 5.75 Å². The van der Waals surface area contributed by atoms with Gasteiger partial charge in [0.15, 0.2) is 6.61 Å². The highest BCUT2D eigenvalue weighted by molar-refractivity contribution is 6.09. The fraction of sp³-hybridized carbons (Fsp3) is 0.200. The predicted octanol–water partition coefficient (Wildman–Crippen LogP) is 3.94. The van der Waals surface area contributed by atoms with Gasteiger partial charge in [0, 0.05) is 5.39 Å². The van der Waals surface area contributed by atoms with Gasteiger partial charge in [-0.25, -0.2) is 4.79 Å². The number of ether oxygens (including phenoxy) is 2. The Morgan fingerprint density at radius 1 is 1.08 bits per heavy atom. The zero-order chi connectivity index (χ0) is 18.5. The molecule has 26 heavy (non-hydrogen) atoms. The molecular formula is C20H19NO5. The maximum atomic E-state index is 12.3. The number of carbonyl (C=O) groups is 2. The normalized spacial score (nSPS) is 10.5. The number of amides is 1. The number of para-hydroxylation sites is 1. The molecule has 0 aliphatic heterocycles. The number of aryl methyl sites for hydroxylation is 1. The molecule has 0 fully saturated rings. The highest BCUT2D eigenvalue weighted by atomic mass is 16.5. The molecule has 134 valence electrons. The van der Waals surface area contributed by atoms with Gasteiger partial charge in [-0.2, -0.15) is 0 Å². The van der Waals surface area contributed by atoms with Gasteiger partial charge in [0.05, 0.1) is 6.61 Å². The van der Waals surface area contributed by atoms with Gasteiger partial charge >= 0.3 is 5.97 Å². The van der Waals surface area contributed by atoms with Crippen molar-refractivity contribution in [2.75, 3.05) is 18.5 Å². The molecule has 1 amide bonds. The van der Waals surface area contributed by atoms with E-state index in [0.29, 0.717) is 16.7 Å². The number of nitrogens with one attached hydrogen (secondary N) is 1. The molecule has 0 aliphatic carbocycles. The first-order valence-corrected chi connectivity index (χ1v) is 8.26. The van der Waals surface area contributed by atoms with Gasteiger partial charge in [0.2, 0.25) is 5.76 Å². The quantitative estimate of drug-likeness (QED) is 0.679. The van der Waals surface area contributed by atoms with Crippen LogP contribution in [0.5, 0.6) is 5.75 Å². The van der Waals surface area contributed by atoms with E-state index in [2.05, 4.69) is 5.32 Å². The Kier molecular flexibility index (Phi) is 5.22. The number of esters is 1. The molecule has 0 atom stereocenters. The highest BCUT2D eigenvalue weighted by Crippen LogP contribution is 2.31. The molecule has 0 saturated heterocycles. The molecule has 0 unspecified atom stereocenters. The van der Waals surface area contributed by atoms with Crippen LogP contribution in [0.3, 0.4) is 0 Å². The Hall–Kier alpha value is -3.28. The van der Waals surface area contributed by atoms with Crippen molar-refractivity contribution in [2.24, 2.45) is 0 Å². The van der Waals surface area contributed by atoms with E-state index in [-0.39, 0.29) is 24.7 Å². The lowest BCUT2D eigenvalue weighted by atomic mass is 10.2. The van der Waals surface area contributed by atoms with E-state index in [1.165, 1.54) is 0 Å². The summed E-state index contributed by atoms with van der Waals surface area (Å²) in [6.07, 6.45) is 0. The van der Waals surface area contributed by atoms with Crippen molar-refractivity contribution < 1.29 is 23.5 Å². The van der Waals surface area contributed by atoms with E-state index in [1.54, 1.807) is 43.3 Å². The Balaban J connectivity index is 1.78. The lowest BCUT2D eigenvalue weighted by molar-refractivity contribution is -0.118. The average Bonchev–Trinajstić information content (AvgIpc) is 3.00. The van der Waals surface area contributed by atoms with Crippen LogP contribution in [-0.2, 0) is 9.53 Å². The topological polar surface area (TPSA) is 77.8 Å². The summed E-state index contributed by atoms with van der Waals surface area (Å²) in [5.41, 5.74) is 1.88. The molecular weight excluding hydrogens is 334 g/mol. The smallest absolute Gasteiger partial charge is 0.376 e. The van der Waals surface area contributed by atoms with Crippen LogP contribution in [0.1, 0.15) is 23.0 Å². The minimum atomic E-state index is -0.626. The fourth-order valence-electron chi connectivity index (χ4n) is 2.47. The molecule has 0 radical (unpaired) electrons. The van der Waals surface area contributed by atoms with Crippen molar-refractivity contribution in [3.05, 3.63) is 59.9 Å². The first-order valence-electron chi connectivity index (χ1n) is 8.26. The molecule has 0 spiro atoms. The predicted molar refractivity (Wildman–Crippen MR) is 97.5 cm³/mol. The zero-order valence-corrected chi connectivity index (χ0v) is 14.6. The maximum absolute atomic E-state index is 12.3. The number of hydrogen-bond acceptors (Lipinski definition) is 5. The summed E-state index contributed by atoms with van der Waals surface area (Å²) >= 11 is 0. The van der Waals surface area contributed by atoms with Crippen LogP contribution < -0.4 is 10.1 Å². The highest BCUT2D eigenvalue weighted by Gasteiger charge is 2.23. The summed E-state index contributed by atoms with van der Waals surface area (Å²) in [4.78, 5) is 24.4. The van der Waals surface area contributed by atoms with E-state index in [4.69, 9.17) is 13.9 Å². The Bertz CT molecular complexity index is 927. The Labute approximate surface area is 150 Å². The van der Waals surface area contributed by atoms with Crippen molar-refractivity contribution in [3.63, 3.8) is 0 Å². The maximum Gasteiger partial charge on any atom is 0.376 e. The van der Waals surface area contributed by atoms with Crippen LogP contribution in [0.4, 0.5) is 5.69 Å². The number of carbonyl (C=O) groups excluding carboxylic acids is 2. The third-order valence-corrected chi connectivity index (χ3v) is 3.71. The molecule has 6 nitrogen and oxygen atoms in total. The van der Waals surface area contributed by atoms with Gasteiger partial charge in [-0.15, -0.1) is 0 Å². The number of rotatable bonds is 6. The summed E-state index contributed by atoms with van der Waals surface area (Å²) in [5.74, 6) is -0.466. The molecule has 1 aromatic heterocycles. The van der Waals surface area contributed by atoms with Gasteiger partial charge in [-0.05, 0) is 38.1 Å². The molecule has 0 aliphatic rings. The summed E-state index contributed by atoms with van der Waals surface area (Å²) in [6, 6.07) is 14.4. The van der Waals surface area contributed by atoms with Crippen molar-refractivity contribution >= 4 is 28.5 Å². The molecule has 0 bridgehead atoms. The van der Waals surface area contributed by atoms with E-state index in [0.717, 1.165) is 5.56 Å². The van der Waals surface area contributed by atoms with E-state index in [1.807, 2.05) is 19.1 Å². The summed E-state index contributed by atoms with van der Waals surface area (Å²) in [6.45, 7) is 3.69. The minimum Gasteiger partial charge on any atom is -0.484 e. The third kappa shape index (κ3) is 3.85. The molecule has 1 heterocycles. The second kappa shape index (κ2) is 7.74. The van der Waals surface area contributed by atoms with Crippen LogP contribution in [0.2, 0.25) is 0 Å². The number of furan rings is 1. The van der Waals surface area contributed by atoms with Gasteiger partial charge in [0.25, 0.3) is 5.91 Å². The third-order valence-electron chi connectivity index (χ3n) is 3.71. The van der Waals surface area contributed by atoms with Gasteiger partial charge in [0.1, 0.15) is 17.0 Å². The number of fused-ring (bicyclic) bond motifs is 1. The molecule has 1 N–H and O–H groups in total. The van der Waals surface area contributed by atoms with Crippen LogP contribution in [0.25, 0.3) is 11.0 Å². The molecule has 6 heteroatoms. The van der Waals surface area contributed by atoms with Crippen molar-refractivity contribution in [1.29, 1.82) is 0 Å². The van der Waals surface area contributed by atoms with E-state index < -0.39 is 11.9 Å². The minimum absolute atomic E-state index is 0.0308. The van der Waals surface area contributed by atoms with Gasteiger partial charge < -0.3 is 19.2 Å². The standard InChI is InChI=1S/C20H19NO5/c1-3-24-20(23)19-18(15-6-4-5-7-16(15)26-19)21-17(22)12-25-14-10-8-13(2)9-11-14/h4-11H,3,12H2,1-2H3,(H,21,22). The fourth-order valence-corrected chi connectivity index (χ4v) is 2.47. The zero-order valence-electron chi connectivity index (χ0n) is 14.6. The number of hydrogen-bond donors (Lipinski definition) is 1. The average molecular weight is 353 g/mol. The molecule has 3 rings (SSSR count). The SMILES string of the molecule is CCOC(=O)c1oc2ccccc2c1NC(=O)COc1ccc(C)cc1. The van der Waals surface area contributed by atoms with Gasteiger partial charge in [-0.1, -0.05) is 29.8 Å². The first kappa shape index (κ1) is 17.5. The summed E-state index contributed by atoms with van der Waals surface area (Å²) < 4.78 is 16.0. The number of anilines is 1. The van der Waals surface area contributed by atoms with Crippen LogP contribution in [-0.4, -0.2) is 25.1 Å².